The number of hydrogen-bond donors (Lipinski definition) is 1. The first-order chi connectivity index (χ1) is 9.06. The first-order valence-electron chi connectivity index (χ1n) is 5.11. The van der Waals surface area contributed by atoms with Gasteiger partial charge in [-0.1, -0.05) is 22.5 Å². The molecule has 5 nitrogen and oxygen atoms in total. The van der Waals surface area contributed by atoms with E-state index < -0.39 is 19.1 Å². The predicted molar refractivity (Wildman–Crippen MR) is 67.4 cm³/mol. The molecule has 0 radical (unpaired) electrons. The zero-order chi connectivity index (χ0) is 13.8. The number of aliphatic hydroxyl groups is 1. The van der Waals surface area contributed by atoms with Gasteiger partial charge in [0, 0.05) is 0 Å². The molecule has 0 amide bonds. The smallest absolute Gasteiger partial charge is 0.294 e. The lowest BCUT2D eigenvalue weighted by molar-refractivity contribution is 0.0814. The fraction of sp³-hybridized carbons (Fsp3) is 0.300. The molecule has 0 aliphatic rings. The molecule has 102 valence electrons. The maximum Gasteiger partial charge on any atom is 0.294 e. The maximum absolute atomic E-state index is 12.0. The van der Waals surface area contributed by atoms with Crippen LogP contribution in [0.25, 0.3) is 0 Å². The van der Waals surface area contributed by atoms with Crippen LogP contribution in [-0.4, -0.2) is 33.3 Å². The monoisotopic (exact) mass is 351 g/mol. The van der Waals surface area contributed by atoms with Gasteiger partial charge in [0.25, 0.3) is 11.6 Å². The number of nitrogens with zero attached hydrogens (tertiary/aromatic N) is 3. The van der Waals surface area contributed by atoms with Crippen LogP contribution in [0.4, 0.5) is 8.78 Å². The quantitative estimate of drug-likeness (QED) is 0.837. The first kappa shape index (κ1) is 14.2. The summed E-state index contributed by atoms with van der Waals surface area (Å²) in [6.45, 7) is -0.750. The van der Waals surface area contributed by atoms with Crippen LogP contribution in [0, 0.1) is 0 Å². The highest BCUT2D eigenvalue weighted by Crippen LogP contribution is 2.27. The Kier molecular flexibility index (Phi) is 4.72. The molecule has 1 atom stereocenters. The Morgan fingerprint density at radius 3 is 2.84 bits per heavy atom. The van der Waals surface area contributed by atoms with Gasteiger partial charge in [-0.3, -0.25) is 0 Å². The van der Waals surface area contributed by atoms with E-state index in [0.29, 0.717) is 10.3 Å². The van der Waals surface area contributed by atoms with E-state index in [1.165, 1.54) is 0 Å². The fourth-order valence-electron chi connectivity index (χ4n) is 1.23. The van der Waals surface area contributed by atoms with Crippen molar-refractivity contribution in [2.24, 2.45) is 0 Å². The molecule has 0 spiro atoms. The van der Waals surface area contributed by atoms with Gasteiger partial charge in [0.1, 0.15) is 10.7 Å². The Morgan fingerprint density at radius 1 is 1.37 bits per heavy atom. The minimum Gasteiger partial charge on any atom is -0.463 e. The highest BCUT2D eigenvalue weighted by molar-refractivity contribution is 9.10. The van der Waals surface area contributed by atoms with Gasteiger partial charge >= 0.3 is 0 Å². The van der Waals surface area contributed by atoms with Gasteiger partial charge in [0.2, 0.25) is 0 Å². The van der Waals surface area contributed by atoms with Gasteiger partial charge in [-0.2, -0.15) is 0 Å². The molecule has 1 N–H and O–H groups in total. The van der Waals surface area contributed by atoms with Crippen molar-refractivity contribution in [1.82, 2.24) is 15.2 Å². The fourth-order valence-corrected chi connectivity index (χ4v) is 2.29. The van der Waals surface area contributed by atoms with Crippen LogP contribution in [0.2, 0.25) is 0 Å². The second-order valence-electron chi connectivity index (χ2n) is 3.40. The van der Waals surface area contributed by atoms with E-state index in [1.54, 1.807) is 18.2 Å². The normalized spacial score (nSPS) is 12.7. The lowest BCUT2D eigenvalue weighted by atomic mass is 10.2. The molecule has 2 aromatic heterocycles. The van der Waals surface area contributed by atoms with Crippen molar-refractivity contribution in [3.05, 3.63) is 33.5 Å². The summed E-state index contributed by atoms with van der Waals surface area (Å²) in [5.41, 5.74) is 0.380. The molecular weight excluding hydrogens is 344 g/mol. The molecule has 0 bridgehead atoms. The van der Waals surface area contributed by atoms with E-state index in [4.69, 9.17) is 4.74 Å². The van der Waals surface area contributed by atoms with Crippen molar-refractivity contribution < 1.29 is 18.6 Å². The number of pyridine rings is 1. The molecule has 0 aromatic carbocycles. The Balaban J connectivity index is 2.09. The van der Waals surface area contributed by atoms with E-state index in [2.05, 4.69) is 31.1 Å². The van der Waals surface area contributed by atoms with Gasteiger partial charge in [-0.15, -0.1) is 5.10 Å². The molecule has 2 heterocycles. The first-order valence-corrected chi connectivity index (χ1v) is 6.72. The van der Waals surface area contributed by atoms with Crippen molar-refractivity contribution in [1.29, 1.82) is 0 Å². The molecule has 0 saturated heterocycles. The summed E-state index contributed by atoms with van der Waals surface area (Å²) in [6, 6.07) is 5.05. The van der Waals surface area contributed by atoms with E-state index >= 15 is 0 Å². The van der Waals surface area contributed by atoms with Gasteiger partial charge < -0.3 is 9.84 Å². The number of ether oxygens (including phenoxy) is 1. The second-order valence-corrected chi connectivity index (χ2v) is 5.18. The lowest BCUT2D eigenvalue weighted by Crippen LogP contribution is -2.06. The van der Waals surface area contributed by atoms with Crippen LogP contribution in [0.3, 0.4) is 0 Å². The molecule has 1 unspecified atom stereocenters. The molecule has 2 aromatic rings. The highest BCUT2D eigenvalue weighted by Gasteiger charge is 2.18. The number of aromatic nitrogens is 3. The minimum absolute atomic E-state index is 0.00986. The van der Waals surface area contributed by atoms with Gasteiger partial charge in [-0.25, -0.2) is 13.8 Å². The van der Waals surface area contributed by atoms with Gasteiger partial charge in [0.15, 0.2) is 11.6 Å². The van der Waals surface area contributed by atoms with Gasteiger partial charge in [0.05, 0.1) is 5.69 Å². The molecule has 19 heavy (non-hydrogen) atoms. The van der Waals surface area contributed by atoms with Crippen LogP contribution >= 0.6 is 27.3 Å². The molecule has 0 fully saturated rings. The van der Waals surface area contributed by atoms with Crippen LogP contribution in [0.5, 0.6) is 5.19 Å². The van der Waals surface area contributed by atoms with Crippen molar-refractivity contribution in [2.45, 2.75) is 12.5 Å². The molecular formula is C10H8BrF2N3O2S. The van der Waals surface area contributed by atoms with Crippen LogP contribution in [0.1, 0.15) is 16.8 Å². The number of hydrogen-bond acceptors (Lipinski definition) is 6. The number of rotatable bonds is 5. The third kappa shape index (κ3) is 3.88. The third-order valence-electron chi connectivity index (χ3n) is 2.01. The molecule has 0 saturated carbocycles. The summed E-state index contributed by atoms with van der Waals surface area (Å²) in [4.78, 5) is 4.08. The van der Waals surface area contributed by atoms with E-state index in [0.717, 1.165) is 11.3 Å². The number of alkyl halides is 2. The zero-order valence-corrected chi connectivity index (χ0v) is 11.7. The Labute approximate surface area is 119 Å². The topological polar surface area (TPSA) is 68.1 Å². The summed E-state index contributed by atoms with van der Waals surface area (Å²) in [5.74, 6) is 0. The summed E-state index contributed by atoms with van der Waals surface area (Å²) in [5, 5.41) is 17.5. The molecule has 9 heteroatoms. The SMILES string of the molecule is OC(c1cccc(Br)n1)c1nnc(OCC(F)F)s1. The summed E-state index contributed by atoms with van der Waals surface area (Å²) < 4.78 is 29.2. The van der Waals surface area contributed by atoms with Crippen molar-refractivity contribution >= 4 is 27.3 Å². The van der Waals surface area contributed by atoms with Gasteiger partial charge in [-0.05, 0) is 28.1 Å². The molecule has 2 rings (SSSR count). The predicted octanol–water partition coefficient (Wildman–Crippen LogP) is 2.42. The minimum atomic E-state index is -2.58. The van der Waals surface area contributed by atoms with Crippen LogP contribution in [0.15, 0.2) is 22.8 Å². The van der Waals surface area contributed by atoms with Crippen molar-refractivity contribution in [3.63, 3.8) is 0 Å². The number of halogens is 3. The molecule has 0 aliphatic heterocycles. The maximum atomic E-state index is 12.0. The van der Waals surface area contributed by atoms with E-state index in [9.17, 15) is 13.9 Å². The molecule has 0 aliphatic carbocycles. The zero-order valence-electron chi connectivity index (χ0n) is 9.33. The van der Waals surface area contributed by atoms with E-state index in [-0.39, 0.29) is 10.2 Å². The summed E-state index contributed by atoms with van der Waals surface area (Å²) >= 11 is 4.09. The van der Waals surface area contributed by atoms with Crippen LogP contribution in [-0.2, 0) is 0 Å². The average Bonchev–Trinajstić information content (AvgIpc) is 2.84. The van der Waals surface area contributed by atoms with Crippen molar-refractivity contribution in [2.75, 3.05) is 6.61 Å². The Hall–Kier alpha value is -1.19. The largest absolute Gasteiger partial charge is 0.463 e. The Bertz CT molecular complexity index is 555. The summed E-state index contributed by atoms with van der Waals surface area (Å²) in [7, 11) is 0. The average molecular weight is 352 g/mol. The Morgan fingerprint density at radius 2 is 2.16 bits per heavy atom. The summed E-state index contributed by atoms with van der Waals surface area (Å²) in [6.07, 6.45) is -3.65. The highest BCUT2D eigenvalue weighted by atomic mass is 79.9. The lowest BCUT2D eigenvalue weighted by Gasteiger charge is -2.05. The second kappa shape index (κ2) is 6.31. The third-order valence-corrected chi connectivity index (χ3v) is 3.34. The van der Waals surface area contributed by atoms with Crippen molar-refractivity contribution in [3.8, 4) is 5.19 Å². The standard InChI is InChI=1S/C10H8BrF2N3O2S/c11-6-3-1-2-5(14-6)8(17)9-15-16-10(19-9)18-4-7(12)13/h1-3,7-8,17H,4H2. The van der Waals surface area contributed by atoms with E-state index in [1.807, 2.05) is 0 Å². The van der Waals surface area contributed by atoms with Crippen LogP contribution < -0.4 is 4.74 Å². The number of aliphatic hydroxyl groups excluding tert-OH is 1.